The summed E-state index contributed by atoms with van der Waals surface area (Å²) in [5.41, 5.74) is 5.56. The second-order valence-corrected chi connectivity index (χ2v) is 10.0. The molecule has 1 heterocycles. The molecule has 1 aromatic rings. The van der Waals surface area contributed by atoms with Gasteiger partial charge in [0.15, 0.2) is 24.7 Å². The first-order chi connectivity index (χ1) is 8.47. The topological polar surface area (TPSA) is 107 Å². The molecule has 8 heteroatoms. The number of sulfone groups is 2. The van der Waals surface area contributed by atoms with Crippen LogP contribution >= 0.6 is 0 Å². The van der Waals surface area contributed by atoms with Gasteiger partial charge in [-0.15, -0.1) is 0 Å². The quantitative estimate of drug-likeness (QED) is 0.875. The minimum absolute atomic E-state index is 0.0238. The van der Waals surface area contributed by atoms with Gasteiger partial charge in [-0.2, -0.15) is 0 Å². The smallest absolute Gasteiger partial charge is 0.198 e. The average Bonchev–Trinajstić information content (AvgIpc) is 2.25. The fourth-order valence-corrected chi connectivity index (χ4v) is 4.50. The summed E-state index contributed by atoms with van der Waals surface area (Å²) in [6, 6.07) is 2.93. The summed E-state index contributed by atoms with van der Waals surface area (Å²) in [6.45, 7) is 4.60. The van der Waals surface area contributed by atoms with Crippen molar-refractivity contribution in [3.05, 3.63) is 18.3 Å². The van der Waals surface area contributed by atoms with E-state index in [4.69, 9.17) is 5.73 Å². The maximum atomic E-state index is 12.0. The molecule has 0 bridgehead atoms. The highest BCUT2D eigenvalue weighted by molar-refractivity contribution is 7.95. The molecular weight excluding hydrogens is 288 g/mol. The van der Waals surface area contributed by atoms with E-state index in [1.54, 1.807) is 0 Å². The van der Waals surface area contributed by atoms with E-state index in [0.717, 1.165) is 0 Å². The zero-order valence-corrected chi connectivity index (χ0v) is 12.8. The molecule has 0 amide bonds. The van der Waals surface area contributed by atoms with Gasteiger partial charge in [0.05, 0.1) is 21.9 Å². The largest absolute Gasteiger partial charge is 0.396 e. The Morgan fingerprint density at radius 1 is 1.16 bits per heavy atom. The first-order valence-corrected chi connectivity index (χ1v) is 8.93. The van der Waals surface area contributed by atoms with Crippen molar-refractivity contribution in [3.63, 3.8) is 0 Å². The summed E-state index contributed by atoms with van der Waals surface area (Å²) >= 11 is 0. The number of nitrogens with zero attached hydrogens (tertiary/aromatic N) is 1. The molecule has 6 nitrogen and oxygen atoms in total. The van der Waals surface area contributed by atoms with E-state index in [1.165, 1.54) is 39.1 Å². The fraction of sp³-hybridized carbons (Fsp3) is 0.545. The van der Waals surface area contributed by atoms with Crippen LogP contribution in [0.15, 0.2) is 23.4 Å². The van der Waals surface area contributed by atoms with Crippen molar-refractivity contribution >= 4 is 25.4 Å². The van der Waals surface area contributed by atoms with E-state index in [1.807, 2.05) is 0 Å². The molecule has 0 aliphatic rings. The highest BCUT2D eigenvalue weighted by Gasteiger charge is 2.31. The van der Waals surface area contributed by atoms with Crippen molar-refractivity contribution in [2.75, 3.05) is 17.2 Å². The van der Waals surface area contributed by atoms with E-state index < -0.39 is 35.9 Å². The van der Waals surface area contributed by atoms with E-state index >= 15 is 0 Å². The van der Waals surface area contributed by atoms with Crippen LogP contribution in [0.3, 0.4) is 0 Å². The van der Waals surface area contributed by atoms with Crippen LogP contribution in [-0.2, 0) is 19.7 Å². The lowest BCUT2D eigenvalue weighted by Crippen LogP contribution is -2.33. The van der Waals surface area contributed by atoms with Gasteiger partial charge >= 0.3 is 0 Å². The lowest BCUT2D eigenvalue weighted by molar-refractivity contribution is 0.559. The summed E-state index contributed by atoms with van der Waals surface area (Å²) in [5, 5.41) is -0.265. The summed E-state index contributed by atoms with van der Waals surface area (Å²) in [7, 11) is -7.30. The lowest BCUT2D eigenvalue weighted by Gasteiger charge is -2.18. The SMILES string of the molecule is CC(C)(C)S(=O)(=O)CCS(=O)(=O)c1ncccc1N. The maximum absolute atomic E-state index is 12.0. The Balaban J connectivity index is 2.99. The standard InChI is InChI=1S/C11H18N2O4S2/c1-11(2,3)19(16,17)8-7-18(14,15)10-9(12)5-4-6-13-10/h4-6H,7-8,12H2,1-3H3. The van der Waals surface area contributed by atoms with E-state index in [2.05, 4.69) is 4.98 Å². The van der Waals surface area contributed by atoms with Crippen molar-refractivity contribution < 1.29 is 16.8 Å². The Morgan fingerprint density at radius 2 is 1.74 bits per heavy atom. The van der Waals surface area contributed by atoms with Crippen molar-refractivity contribution in [1.29, 1.82) is 0 Å². The van der Waals surface area contributed by atoms with Crippen LogP contribution < -0.4 is 5.73 Å². The highest BCUT2D eigenvalue weighted by Crippen LogP contribution is 2.20. The molecule has 19 heavy (non-hydrogen) atoms. The minimum Gasteiger partial charge on any atom is -0.396 e. The molecule has 0 aromatic carbocycles. The number of hydrogen-bond acceptors (Lipinski definition) is 6. The Hall–Kier alpha value is -1.15. The highest BCUT2D eigenvalue weighted by atomic mass is 32.2. The van der Waals surface area contributed by atoms with Crippen molar-refractivity contribution in [1.82, 2.24) is 4.98 Å². The number of rotatable bonds is 4. The zero-order chi connectivity index (χ0) is 14.9. The summed E-state index contributed by atoms with van der Waals surface area (Å²) < 4.78 is 46.8. The molecule has 0 unspecified atom stereocenters. The zero-order valence-electron chi connectivity index (χ0n) is 11.1. The average molecular weight is 306 g/mol. The van der Waals surface area contributed by atoms with Crippen molar-refractivity contribution in [3.8, 4) is 0 Å². The minimum atomic E-state index is -3.80. The van der Waals surface area contributed by atoms with Gasteiger partial charge in [0.1, 0.15) is 0 Å². The van der Waals surface area contributed by atoms with Crippen LogP contribution in [0.5, 0.6) is 0 Å². The normalized spacial score (nSPS) is 13.4. The van der Waals surface area contributed by atoms with Gasteiger partial charge in [0.25, 0.3) is 0 Å². The molecule has 0 radical (unpaired) electrons. The monoisotopic (exact) mass is 306 g/mol. The fourth-order valence-electron chi connectivity index (χ4n) is 1.29. The van der Waals surface area contributed by atoms with Gasteiger partial charge < -0.3 is 5.73 Å². The van der Waals surface area contributed by atoms with Crippen molar-refractivity contribution in [2.24, 2.45) is 0 Å². The maximum Gasteiger partial charge on any atom is 0.198 e. The Morgan fingerprint density at radius 3 is 2.21 bits per heavy atom. The first kappa shape index (κ1) is 15.9. The molecule has 0 fully saturated rings. The predicted molar refractivity (Wildman–Crippen MR) is 74.2 cm³/mol. The van der Waals surface area contributed by atoms with E-state index in [-0.39, 0.29) is 10.7 Å². The van der Waals surface area contributed by atoms with Crippen LogP contribution in [0.1, 0.15) is 20.8 Å². The van der Waals surface area contributed by atoms with Crippen LogP contribution in [0.25, 0.3) is 0 Å². The van der Waals surface area contributed by atoms with E-state index in [9.17, 15) is 16.8 Å². The molecule has 0 atom stereocenters. The van der Waals surface area contributed by atoms with Gasteiger partial charge in [-0.1, -0.05) is 0 Å². The number of nitrogens with two attached hydrogens (primary N) is 1. The number of hydrogen-bond donors (Lipinski definition) is 1. The van der Waals surface area contributed by atoms with Crippen molar-refractivity contribution in [2.45, 2.75) is 30.5 Å². The van der Waals surface area contributed by atoms with Gasteiger partial charge in [-0.3, -0.25) is 0 Å². The van der Waals surface area contributed by atoms with Gasteiger partial charge in [0, 0.05) is 6.20 Å². The molecular formula is C11H18N2O4S2. The van der Waals surface area contributed by atoms with Crippen LogP contribution in [0, 0.1) is 0 Å². The van der Waals surface area contributed by atoms with Crippen LogP contribution in [0.4, 0.5) is 5.69 Å². The lowest BCUT2D eigenvalue weighted by atomic mass is 10.3. The van der Waals surface area contributed by atoms with Crippen LogP contribution in [-0.4, -0.2) is 38.1 Å². The molecule has 2 N–H and O–H groups in total. The molecule has 0 aliphatic heterocycles. The van der Waals surface area contributed by atoms with Gasteiger partial charge in [-0.05, 0) is 32.9 Å². The molecule has 0 aliphatic carbocycles. The summed E-state index contributed by atoms with van der Waals surface area (Å²) in [4.78, 5) is 3.71. The second kappa shape index (κ2) is 5.09. The third-order valence-electron chi connectivity index (χ3n) is 2.65. The third-order valence-corrected chi connectivity index (χ3v) is 7.19. The Labute approximate surface area is 113 Å². The van der Waals surface area contributed by atoms with Crippen LogP contribution in [0.2, 0.25) is 0 Å². The Bertz CT molecular complexity index is 658. The first-order valence-electron chi connectivity index (χ1n) is 5.63. The van der Waals surface area contributed by atoms with Gasteiger partial charge in [-0.25, -0.2) is 21.8 Å². The molecule has 1 aromatic heterocycles. The molecule has 1 rings (SSSR count). The number of nitrogen functional groups attached to an aromatic ring is 1. The molecule has 0 saturated carbocycles. The molecule has 0 spiro atoms. The summed E-state index contributed by atoms with van der Waals surface area (Å²) in [6.07, 6.45) is 1.31. The Kier molecular flexibility index (Phi) is 4.26. The summed E-state index contributed by atoms with van der Waals surface area (Å²) in [5.74, 6) is -0.970. The van der Waals surface area contributed by atoms with Gasteiger partial charge in [0.2, 0.25) is 0 Å². The van der Waals surface area contributed by atoms with E-state index in [0.29, 0.717) is 0 Å². The molecule has 108 valence electrons. The predicted octanol–water partition coefficient (Wildman–Crippen LogP) is 0.651. The molecule has 0 saturated heterocycles. The number of pyridine rings is 1. The second-order valence-electron chi connectivity index (χ2n) is 5.15. The third kappa shape index (κ3) is 3.66. The number of aromatic nitrogens is 1. The number of anilines is 1.